The van der Waals surface area contributed by atoms with Gasteiger partial charge in [0.1, 0.15) is 0 Å². The maximum atomic E-state index is 13.4. The summed E-state index contributed by atoms with van der Waals surface area (Å²) >= 11 is 0. The topological polar surface area (TPSA) is 62.0 Å². The summed E-state index contributed by atoms with van der Waals surface area (Å²) in [6.07, 6.45) is 1.06. The number of anilines is 3. The second kappa shape index (κ2) is 12.4. The fraction of sp³-hybridized carbons (Fsp3) is 0.406. The van der Waals surface area contributed by atoms with Crippen molar-refractivity contribution in [2.75, 3.05) is 62.4 Å². The van der Waals surface area contributed by atoms with Gasteiger partial charge in [-0.15, -0.1) is 0 Å². The highest BCUT2D eigenvalue weighted by atomic mass is 28.4. The first kappa shape index (κ1) is 28.9. The highest BCUT2D eigenvalue weighted by molar-refractivity contribution is 6.99. The van der Waals surface area contributed by atoms with Gasteiger partial charge in [-0.25, -0.2) is 0 Å². The number of nitrogen functional groups attached to an aromatic ring is 1. The fourth-order valence-electron chi connectivity index (χ4n) is 5.64. The standard InChI is InChI=1S/C32H44N4O2Si/c1-32(2,3)39(27-13-8-6-9-14-27,28-15-10-7-11-16-28)38-24-12-17-31(37)35(5)30-25-26(33)18-19-29(30)36-22-20-34(4)21-23-36/h6-11,13-16,18-19,25H,12,17,20-24,33H2,1-5H3. The third-order valence-electron chi connectivity index (χ3n) is 7.85. The van der Waals surface area contributed by atoms with Gasteiger partial charge < -0.3 is 24.9 Å². The van der Waals surface area contributed by atoms with Crippen LogP contribution in [-0.4, -0.2) is 66.0 Å². The molecule has 1 aliphatic heterocycles. The average molecular weight is 545 g/mol. The van der Waals surface area contributed by atoms with Gasteiger partial charge in [0.2, 0.25) is 5.91 Å². The number of rotatable bonds is 9. The van der Waals surface area contributed by atoms with Crippen molar-refractivity contribution in [1.82, 2.24) is 4.90 Å². The lowest BCUT2D eigenvalue weighted by Crippen LogP contribution is -2.66. The SMILES string of the molecule is CN1CCN(c2ccc(N)cc2N(C)C(=O)CCCO[Si](c2ccccc2)(c2ccccc2)C(C)(C)C)CC1. The highest BCUT2D eigenvalue weighted by Gasteiger charge is 2.50. The average Bonchev–Trinajstić information content (AvgIpc) is 2.93. The molecule has 1 heterocycles. The van der Waals surface area contributed by atoms with E-state index in [1.165, 1.54) is 10.4 Å². The van der Waals surface area contributed by atoms with Crippen LogP contribution in [0, 0.1) is 0 Å². The molecule has 0 aliphatic carbocycles. The summed E-state index contributed by atoms with van der Waals surface area (Å²) < 4.78 is 6.99. The molecule has 3 aromatic carbocycles. The summed E-state index contributed by atoms with van der Waals surface area (Å²) in [6.45, 7) is 11.2. The minimum absolute atomic E-state index is 0.0713. The number of carbonyl (C=O) groups is 1. The van der Waals surface area contributed by atoms with Crippen LogP contribution >= 0.6 is 0 Å². The molecule has 1 aliphatic rings. The van der Waals surface area contributed by atoms with Gasteiger partial charge in [0.25, 0.3) is 8.32 Å². The van der Waals surface area contributed by atoms with Gasteiger partial charge in [0.15, 0.2) is 0 Å². The molecule has 1 fully saturated rings. The van der Waals surface area contributed by atoms with Crippen molar-refractivity contribution < 1.29 is 9.22 Å². The van der Waals surface area contributed by atoms with Gasteiger partial charge in [-0.05, 0) is 47.1 Å². The lowest BCUT2D eigenvalue weighted by molar-refractivity contribution is -0.118. The van der Waals surface area contributed by atoms with E-state index < -0.39 is 8.32 Å². The van der Waals surface area contributed by atoms with Gasteiger partial charge in [-0.2, -0.15) is 0 Å². The Kier molecular flexibility index (Phi) is 9.15. The van der Waals surface area contributed by atoms with E-state index in [-0.39, 0.29) is 10.9 Å². The molecule has 0 bridgehead atoms. The van der Waals surface area contributed by atoms with Crippen LogP contribution in [0.5, 0.6) is 0 Å². The Bertz CT molecular complexity index is 1180. The molecule has 4 rings (SSSR count). The lowest BCUT2D eigenvalue weighted by Gasteiger charge is -2.43. The van der Waals surface area contributed by atoms with Crippen LogP contribution in [0.2, 0.25) is 5.04 Å². The molecule has 0 unspecified atom stereocenters. The van der Waals surface area contributed by atoms with E-state index in [0.29, 0.717) is 25.1 Å². The van der Waals surface area contributed by atoms with E-state index in [1.54, 1.807) is 4.90 Å². The van der Waals surface area contributed by atoms with Gasteiger partial charge in [-0.3, -0.25) is 4.79 Å². The number of piperazine rings is 1. The van der Waals surface area contributed by atoms with Crippen molar-refractivity contribution in [3.05, 3.63) is 78.9 Å². The lowest BCUT2D eigenvalue weighted by atomic mass is 10.1. The molecule has 7 heteroatoms. The minimum Gasteiger partial charge on any atom is -0.407 e. The van der Waals surface area contributed by atoms with Gasteiger partial charge in [0, 0.05) is 51.9 Å². The summed E-state index contributed by atoms with van der Waals surface area (Å²) in [5, 5.41) is 2.42. The molecule has 6 nitrogen and oxygen atoms in total. The molecule has 0 spiro atoms. The third kappa shape index (κ3) is 6.37. The van der Waals surface area contributed by atoms with Gasteiger partial charge in [-0.1, -0.05) is 81.4 Å². The third-order valence-corrected chi connectivity index (χ3v) is 12.9. The second-order valence-electron chi connectivity index (χ2n) is 11.6. The summed E-state index contributed by atoms with van der Waals surface area (Å²) in [7, 11) is 1.40. The molecule has 0 atom stereocenters. The predicted octanol–water partition coefficient (Wildman–Crippen LogP) is 4.34. The first-order valence-corrected chi connectivity index (χ1v) is 15.9. The zero-order valence-corrected chi connectivity index (χ0v) is 25.2. The van der Waals surface area contributed by atoms with Crippen LogP contribution in [0.15, 0.2) is 78.9 Å². The van der Waals surface area contributed by atoms with Crippen LogP contribution < -0.4 is 25.9 Å². The number of amides is 1. The minimum atomic E-state index is -2.61. The maximum absolute atomic E-state index is 13.4. The van der Waals surface area contributed by atoms with E-state index in [1.807, 2.05) is 25.2 Å². The Labute approximate surface area is 235 Å². The molecular formula is C32H44N4O2Si. The van der Waals surface area contributed by atoms with E-state index in [0.717, 1.165) is 37.6 Å². The number of likely N-dealkylation sites (N-methyl/N-ethyl adjacent to an activating group) is 1. The Morgan fingerprint density at radius 2 is 1.49 bits per heavy atom. The molecule has 0 saturated carbocycles. The monoisotopic (exact) mass is 544 g/mol. The van der Waals surface area contributed by atoms with Crippen molar-refractivity contribution >= 4 is 41.7 Å². The van der Waals surface area contributed by atoms with Crippen LogP contribution in [0.1, 0.15) is 33.6 Å². The first-order valence-electron chi connectivity index (χ1n) is 14.0. The summed E-state index contributed by atoms with van der Waals surface area (Å²) in [5.74, 6) is 0.0713. The Morgan fingerprint density at radius 1 is 0.923 bits per heavy atom. The summed E-state index contributed by atoms with van der Waals surface area (Å²) in [5.41, 5.74) is 8.76. The predicted molar refractivity (Wildman–Crippen MR) is 167 cm³/mol. The van der Waals surface area contributed by atoms with Crippen LogP contribution in [-0.2, 0) is 9.22 Å². The smallest absolute Gasteiger partial charge is 0.261 e. The van der Waals surface area contributed by atoms with Gasteiger partial charge >= 0.3 is 0 Å². The molecule has 2 N–H and O–H groups in total. The van der Waals surface area contributed by atoms with Crippen molar-refractivity contribution in [2.45, 2.75) is 38.7 Å². The second-order valence-corrected chi connectivity index (χ2v) is 15.9. The fourth-order valence-corrected chi connectivity index (χ4v) is 10.2. The molecule has 39 heavy (non-hydrogen) atoms. The number of carbonyl (C=O) groups excluding carboxylic acids is 1. The first-order chi connectivity index (χ1) is 18.6. The van der Waals surface area contributed by atoms with E-state index in [2.05, 4.69) is 98.3 Å². The van der Waals surface area contributed by atoms with Crippen LogP contribution in [0.3, 0.4) is 0 Å². The molecule has 0 aromatic heterocycles. The Balaban J connectivity index is 1.49. The van der Waals surface area contributed by atoms with E-state index in [9.17, 15) is 4.79 Å². The summed E-state index contributed by atoms with van der Waals surface area (Å²) in [4.78, 5) is 19.9. The van der Waals surface area contributed by atoms with Crippen LogP contribution in [0.25, 0.3) is 0 Å². The van der Waals surface area contributed by atoms with Crippen molar-refractivity contribution in [2.24, 2.45) is 0 Å². The van der Waals surface area contributed by atoms with E-state index in [4.69, 9.17) is 10.2 Å². The molecule has 208 valence electrons. The van der Waals surface area contributed by atoms with Crippen molar-refractivity contribution in [3.63, 3.8) is 0 Å². The molecule has 1 amide bonds. The number of nitrogens with two attached hydrogens (primary N) is 1. The molecule has 0 radical (unpaired) electrons. The zero-order chi connectivity index (χ0) is 28.0. The highest BCUT2D eigenvalue weighted by Crippen LogP contribution is 2.37. The summed E-state index contributed by atoms with van der Waals surface area (Å²) in [6, 6.07) is 27.2. The normalized spacial score (nSPS) is 14.8. The number of hydrogen-bond donors (Lipinski definition) is 1. The van der Waals surface area contributed by atoms with Crippen LogP contribution in [0.4, 0.5) is 17.1 Å². The molecule has 3 aromatic rings. The van der Waals surface area contributed by atoms with Crippen molar-refractivity contribution in [3.8, 4) is 0 Å². The Morgan fingerprint density at radius 3 is 2.03 bits per heavy atom. The van der Waals surface area contributed by atoms with Crippen molar-refractivity contribution in [1.29, 1.82) is 0 Å². The Hall–Kier alpha value is -3.13. The zero-order valence-electron chi connectivity index (χ0n) is 24.2. The number of nitrogens with zero attached hydrogens (tertiary/aromatic N) is 3. The number of benzene rings is 3. The maximum Gasteiger partial charge on any atom is 0.261 e. The largest absolute Gasteiger partial charge is 0.407 e. The molecule has 1 saturated heterocycles. The quantitative estimate of drug-likeness (QED) is 0.247. The van der Waals surface area contributed by atoms with E-state index >= 15 is 0 Å². The molecular weight excluding hydrogens is 500 g/mol. The number of hydrogen-bond acceptors (Lipinski definition) is 5. The van der Waals surface area contributed by atoms with Gasteiger partial charge in [0.05, 0.1) is 11.4 Å².